The lowest BCUT2D eigenvalue weighted by molar-refractivity contribution is 0.0411. The number of aromatic nitrogens is 2. The zero-order valence-corrected chi connectivity index (χ0v) is 22.3. The lowest BCUT2D eigenvalue weighted by atomic mass is 10.0. The summed E-state index contributed by atoms with van der Waals surface area (Å²) in [7, 11) is -6.60. The van der Waals surface area contributed by atoms with Crippen LogP contribution in [0.4, 0.5) is 10.4 Å². The summed E-state index contributed by atoms with van der Waals surface area (Å²) in [5, 5.41) is 3.94. The maximum atomic E-state index is 14.0. The highest BCUT2D eigenvalue weighted by Crippen LogP contribution is 2.40. The Labute approximate surface area is 209 Å². The normalized spacial score (nSPS) is 19.3. The SMILES string of the molecule is CC(C)c1noc(N2CCC(N(C)CCCOc3ccc(S(C)(=O)=O)c(F)c3)C(OP(=O)(O)O)C2)n1. The van der Waals surface area contributed by atoms with E-state index < -0.39 is 34.5 Å². The summed E-state index contributed by atoms with van der Waals surface area (Å²) in [5.41, 5.74) is 0. The fourth-order valence-electron chi connectivity index (χ4n) is 3.99. The summed E-state index contributed by atoms with van der Waals surface area (Å²) in [4.78, 5) is 26.5. The summed E-state index contributed by atoms with van der Waals surface area (Å²) in [6.07, 6.45) is 1.16. The number of hydrogen-bond acceptors (Lipinski definition) is 10. The number of sulfone groups is 1. The maximum absolute atomic E-state index is 14.0. The molecule has 2 heterocycles. The van der Waals surface area contributed by atoms with E-state index >= 15 is 0 Å². The molecular weight excluding hydrogens is 518 g/mol. The standard InChI is InChI=1S/C21H32FN4O8PS/c1-14(2)20-23-21(33-24-20)26-10-8-17(18(13-26)34-35(27,28)29)25(3)9-5-11-32-15-6-7-19(16(22)12-15)36(4,30)31/h6-7,12,14,17-18H,5,8-11,13H2,1-4H3,(H2,27,28,29). The Kier molecular flexibility index (Phi) is 9.12. The highest BCUT2D eigenvalue weighted by Gasteiger charge is 2.38. The molecule has 2 N–H and O–H groups in total. The average Bonchev–Trinajstić information content (AvgIpc) is 3.25. The van der Waals surface area contributed by atoms with Crippen molar-refractivity contribution in [3.05, 3.63) is 29.8 Å². The molecule has 1 fully saturated rings. The third kappa shape index (κ3) is 7.70. The highest BCUT2D eigenvalue weighted by atomic mass is 32.2. The minimum absolute atomic E-state index is 0.0738. The van der Waals surface area contributed by atoms with Gasteiger partial charge in [-0.15, -0.1) is 0 Å². The average molecular weight is 551 g/mol. The Morgan fingerprint density at radius 3 is 2.67 bits per heavy atom. The van der Waals surface area contributed by atoms with Crippen molar-refractivity contribution < 1.29 is 40.9 Å². The summed E-state index contributed by atoms with van der Waals surface area (Å²) in [6.45, 7) is 5.28. The molecule has 2 atom stereocenters. The van der Waals surface area contributed by atoms with Gasteiger partial charge in [0.2, 0.25) is 0 Å². The molecule has 1 aromatic carbocycles. The second-order valence-electron chi connectivity index (χ2n) is 9.07. The van der Waals surface area contributed by atoms with Crippen LogP contribution in [-0.4, -0.2) is 84.9 Å². The zero-order chi connectivity index (χ0) is 26.7. The van der Waals surface area contributed by atoms with E-state index in [2.05, 4.69) is 10.1 Å². The van der Waals surface area contributed by atoms with Crippen molar-refractivity contribution in [2.45, 2.75) is 49.6 Å². The van der Waals surface area contributed by atoms with Gasteiger partial charge in [0.25, 0.3) is 0 Å². The number of rotatable bonds is 11. The minimum atomic E-state index is -4.76. The molecule has 3 rings (SSSR count). The predicted octanol–water partition coefficient (Wildman–Crippen LogP) is 2.19. The van der Waals surface area contributed by atoms with Gasteiger partial charge in [-0.2, -0.15) is 4.98 Å². The van der Waals surface area contributed by atoms with Crippen molar-refractivity contribution in [3.63, 3.8) is 0 Å². The monoisotopic (exact) mass is 550 g/mol. The molecule has 1 saturated heterocycles. The molecular formula is C21H32FN4O8PS. The molecule has 12 nitrogen and oxygen atoms in total. The van der Waals surface area contributed by atoms with Gasteiger partial charge in [0.15, 0.2) is 15.7 Å². The number of piperidine rings is 1. The van der Waals surface area contributed by atoms with Crippen LogP contribution in [0.5, 0.6) is 5.75 Å². The maximum Gasteiger partial charge on any atom is 0.469 e. The third-order valence-corrected chi connectivity index (χ3v) is 7.48. The molecule has 2 aromatic rings. The molecule has 0 bridgehead atoms. The van der Waals surface area contributed by atoms with E-state index in [9.17, 15) is 27.2 Å². The van der Waals surface area contributed by atoms with E-state index in [1.807, 2.05) is 25.8 Å². The summed E-state index contributed by atoms with van der Waals surface area (Å²) in [5.74, 6) is -0.0517. The largest absolute Gasteiger partial charge is 0.493 e. The van der Waals surface area contributed by atoms with Gasteiger partial charge in [-0.3, -0.25) is 4.52 Å². The van der Waals surface area contributed by atoms with Crippen LogP contribution in [0.1, 0.15) is 38.4 Å². The number of benzene rings is 1. The smallest absolute Gasteiger partial charge is 0.469 e. The Morgan fingerprint density at radius 2 is 2.08 bits per heavy atom. The van der Waals surface area contributed by atoms with Crippen LogP contribution >= 0.6 is 7.82 Å². The van der Waals surface area contributed by atoms with Crippen LogP contribution in [0.3, 0.4) is 0 Å². The first-order chi connectivity index (χ1) is 16.7. The number of ether oxygens (including phenoxy) is 1. The molecule has 1 aliphatic rings. The van der Waals surface area contributed by atoms with E-state index in [1.54, 1.807) is 4.90 Å². The Hall–Kier alpha value is -2.09. The van der Waals surface area contributed by atoms with Crippen molar-refractivity contribution in [3.8, 4) is 5.75 Å². The van der Waals surface area contributed by atoms with E-state index in [0.717, 1.165) is 18.4 Å². The molecule has 0 saturated carbocycles. The van der Waals surface area contributed by atoms with Crippen LogP contribution < -0.4 is 9.64 Å². The Bertz CT molecular complexity index is 1190. The molecule has 2 unspecified atom stereocenters. The van der Waals surface area contributed by atoms with Gasteiger partial charge in [0.1, 0.15) is 22.6 Å². The molecule has 0 amide bonds. The van der Waals surface area contributed by atoms with Gasteiger partial charge in [-0.25, -0.2) is 17.4 Å². The third-order valence-electron chi connectivity index (χ3n) is 5.81. The number of anilines is 1. The lowest BCUT2D eigenvalue weighted by Crippen LogP contribution is -2.54. The molecule has 1 aliphatic heterocycles. The molecule has 15 heteroatoms. The molecule has 202 valence electrons. The van der Waals surface area contributed by atoms with E-state index in [-0.39, 0.29) is 36.9 Å². The van der Waals surface area contributed by atoms with E-state index in [4.69, 9.17) is 13.8 Å². The van der Waals surface area contributed by atoms with Gasteiger partial charge in [0.05, 0.1) is 13.2 Å². The van der Waals surface area contributed by atoms with Crippen LogP contribution in [0.15, 0.2) is 27.6 Å². The summed E-state index contributed by atoms with van der Waals surface area (Å²) >= 11 is 0. The van der Waals surface area contributed by atoms with Gasteiger partial charge >= 0.3 is 13.8 Å². The molecule has 0 spiro atoms. The van der Waals surface area contributed by atoms with Crippen LogP contribution in [0.2, 0.25) is 0 Å². The number of likely N-dealkylation sites (N-methyl/N-ethyl adjacent to an activating group) is 1. The van der Waals surface area contributed by atoms with Crippen molar-refractivity contribution in [2.24, 2.45) is 0 Å². The number of phosphoric acid groups is 1. The first-order valence-electron chi connectivity index (χ1n) is 11.4. The Balaban J connectivity index is 1.57. The number of halogens is 1. The number of phosphoric ester groups is 1. The highest BCUT2D eigenvalue weighted by molar-refractivity contribution is 7.90. The first-order valence-corrected chi connectivity index (χ1v) is 14.8. The summed E-state index contributed by atoms with van der Waals surface area (Å²) < 4.78 is 64.7. The fraction of sp³-hybridized carbons (Fsp3) is 0.619. The van der Waals surface area contributed by atoms with Crippen LogP contribution in [-0.2, 0) is 18.9 Å². The van der Waals surface area contributed by atoms with Crippen molar-refractivity contribution in [1.82, 2.24) is 15.0 Å². The summed E-state index contributed by atoms with van der Waals surface area (Å²) in [6, 6.07) is 3.57. The lowest BCUT2D eigenvalue weighted by Gasteiger charge is -2.41. The van der Waals surface area contributed by atoms with Gasteiger partial charge in [-0.05, 0) is 32.0 Å². The van der Waals surface area contributed by atoms with Gasteiger partial charge in [-0.1, -0.05) is 19.0 Å². The van der Waals surface area contributed by atoms with Crippen molar-refractivity contribution >= 4 is 23.7 Å². The number of hydrogen-bond donors (Lipinski definition) is 2. The van der Waals surface area contributed by atoms with Crippen LogP contribution in [0.25, 0.3) is 0 Å². The second kappa shape index (κ2) is 11.5. The molecule has 0 aliphatic carbocycles. The minimum Gasteiger partial charge on any atom is -0.493 e. The quantitative estimate of drug-likeness (QED) is 0.311. The molecule has 0 radical (unpaired) electrons. The topological polar surface area (TPSA) is 156 Å². The van der Waals surface area contributed by atoms with Crippen molar-refractivity contribution in [1.29, 1.82) is 0 Å². The van der Waals surface area contributed by atoms with Gasteiger partial charge < -0.3 is 28.8 Å². The van der Waals surface area contributed by atoms with E-state index in [1.165, 1.54) is 6.07 Å². The van der Waals surface area contributed by atoms with Gasteiger partial charge in [0, 0.05) is 37.4 Å². The number of nitrogens with zero attached hydrogens (tertiary/aromatic N) is 4. The van der Waals surface area contributed by atoms with Crippen molar-refractivity contribution in [2.75, 3.05) is 44.4 Å². The fourth-order valence-corrected chi connectivity index (χ4v) is 5.28. The van der Waals surface area contributed by atoms with E-state index in [0.29, 0.717) is 31.8 Å². The van der Waals surface area contributed by atoms with Crippen LogP contribution in [0, 0.1) is 5.82 Å². The second-order valence-corrected chi connectivity index (χ2v) is 12.2. The molecule has 1 aromatic heterocycles. The Morgan fingerprint density at radius 1 is 1.36 bits per heavy atom. The zero-order valence-electron chi connectivity index (χ0n) is 20.6. The first kappa shape index (κ1) is 28.5. The molecule has 36 heavy (non-hydrogen) atoms. The predicted molar refractivity (Wildman–Crippen MR) is 128 cm³/mol.